The van der Waals surface area contributed by atoms with Crippen LogP contribution in [0, 0.1) is 0 Å². The van der Waals surface area contributed by atoms with Crippen LogP contribution >= 0.6 is 0 Å². The molecule has 0 aromatic carbocycles. The zero-order valence-corrected chi connectivity index (χ0v) is 14.3. The Hall–Kier alpha value is -1.88. The number of fused-ring (bicyclic) bond motifs is 1. The van der Waals surface area contributed by atoms with Gasteiger partial charge in [-0.1, -0.05) is 0 Å². The second-order valence-corrected chi connectivity index (χ2v) is 7.28. The first-order valence-electron chi connectivity index (χ1n) is 8.68. The summed E-state index contributed by atoms with van der Waals surface area (Å²) >= 11 is 0. The summed E-state index contributed by atoms with van der Waals surface area (Å²) in [6.45, 7) is 0.381. The third kappa shape index (κ3) is 3.62. The first kappa shape index (κ1) is 18.5. The molecule has 2 fully saturated rings. The molecule has 0 saturated carbocycles. The smallest absolute Gasteiger partial charge is 0.329 e. The number of rotatable bonds is 2. The summed E-state index contributed by atoms with van der Waals surface area (Å²) in [7, 11) is 0. The number of amides is 1. The van der Waals surface area contributed by atoms with Gasteiger partial charge in [-0.2, -0.15) is 13.2 Å². The van der Waals surface area contributed by atoms with E-state index in [0.29, 0.717) is 43.7 Å². The predicted octanol–water partition coefficient (Wildman–Crippen LogP) is 1.06. The molecule has 3 aliphatic rings. The third-order valence-electron chi connectivity index (χ3n) is 5.30. The predicted molar refractivity (Wildman–Crippen MR) is 82.9 cm³/mol. The fraction of sp³-hybridized carbons (Fsp3) is 0.688. The molecule has 4 heterocycles. The van der Waals surface area contributed by atoms with Gasteiger partial charge in [0.25, 0.3) is 5.92 Å². The molecule has 2 atom stereocenters. The number of hydrogen-bond acceptors (Lipinski definition) is 5. The Morgan fingerprint density at radius 3 is 2.70 bits per heavy atom. The van der Waals surface area contributed by atoms with Crippen molar-refractivity contribution in [3.05, 3.63) is 23.3 Å². The Kier molecular flexibility index (Phi) is 4.34. The molecule has 0 unspecified atom stereocenters. The van der Waals surface area contributed by atoms with Crippen molar-refractivity contribution in [3.8, 4) is 0 Å². The maximum absolute atomic E-state index is 12.9. The van der Waals surface area contributed by atoms with Gasteiger partial charge >= 0.3 is 6.18 Å². The highest BCUT2D eigenvalue weighted by molar-refractivity contribution is 5.83. The van der Waals surface area contributed by atoms with Crippen LogP contribution in [0.5, 0.6) is 0 Å². The first-order valence-corrected chi connectivity index (χ1v) is 8.68. The zero-order valence-electron chi connectivity index (χ0n) is 14.3. The number of nitrogens with one attached hydrogen (secondary N) is 1. The average molecular weight is 391 g/mol. The van der Waals surface area contributed by atoms with Gasteiger partial charge in [-0.25, -0.2) is 18.7 Å². The summed E-state index contributed by atoms with van der Waals surface area (Å²) in [6.07, 6.45) is -2.50. The molecule has 3 aliphatic heterocycles. The molecule has 27 heavy (non-hydrogen) atoms. The zero-order chi connectivity index (χ0) is 19.4. The summed E-state index contributed by atoms with van der Waals surface area (Å²) in [5.41, 5.74) is 1.04. The molecular weight excluding hydrogens is 373 g/mol. The Morgan fingerprint density at radius 2 is 2.04 bits per heavy atom. The molecule has 0 bridgehead atoms. The van der Waals surface area contributed by atoms with Gasteiger partial charge in [-0.3, -0.25) is 9.69 Å². The number of likely N-dealkylation sites (tertiary alicyclic amines) is 1. The summed E-state index contributed by atoms with van der Waals surface area (Å²) in [5, 5.41) is 3.08. The minimum absolute atomic E-state index is 0.0104. The van der Waals surface area contributed by atoms with Crippen LogP contribution in [0.1, 0.15) is 23.5 Å². The van der Waals surface area contributed by atoms with E-state index in [0.717, 1.165) is 4.90 Å². The van der Waals surface area contributed by atoms with Crippen molar-refractivity contribution in [1.82, 2.24) is 25.1 Å². The van der Waals surface area contributed by atoms with Crippen LogP contribution in [0.2, 0.25) is 0 Å². The van der Waals surface area contributed by atoms with Crippen LogP contribution in [0.4, 0.5) is 22.0 Å². The minimum Gasteiger partial charge on any atom is -0.329 e. The van der Waals surface area contributed by atoms with Crippen molar-refractivity contribution in [3.63, 3.8) is 0 Å². The van der Waals surface area contributed by atoms with Gasteiger partial charge in [0.1, 0.15) is 0 Å². The standard InChI is InChI=1S/C16H18F5N5O/c17-15(18)7-26(8-15)13(27)12-3-10(5-22-12)25-2-1-11-9(6-25)4-23-14(24-11)16(19,20)21/h4,10,12,22H,1-3,5-8H2/t10-,12-/m0/s1. The molecule has 2 saturated heterocycles. The van der Waals surface area contributed by atoms with Gasteiger partial charge in [0.05, 0.1) is 24.8 Å². The molecule has 0 aliphatic carbocycles. The number of halogens is 5. The van der Waals surface area contributed by atoms with E-state index in [1.807, 2.05) is 0 Å². The van der Waals surface area contributed by atoms with E-state index < -0.39 is 37.1 Å². The Morgan fingerprint density at radius 1 is 1.30 bits per heavy atom. The van der Waals surface area contributed by atoms with Crippen LogP contribution < -0.4 is 5.32 Å². The molecule has 148 valence electrons. The van der Waals surface area contributed by atoms with E-state index in [1.54, 1.807) is 0 Å². The number of hydrogen-bond donors (Lipinski definition) is 1. The second kappa shape index (κ2) is 6.33. The molecule has 1 aromatic rings. The fourth-order valence-corrected chi connectivity index (χ4v) is 3.86. The lowest BCUT2D eigenvalue weighted by Crippen LogP contribution is -2.61. The Bertz CT molecular complexity index is 747. The van der Waals surface area contributed by atoms with Gasteiger partial charge < -0.3 is 10.2 Å². The topological polar surface area (TPSA) is 61.4 Å². The molecule has 0 spiro atoms. The maximum atomic E-state index is 12.9. The highest BCUT2D eigenvalue weighted by Crippen LogP contribution is 2.30. The number of carbonyl (C=O) groups excluding carboxylic acids is 1. The lowest BCUT2D eigenvalue weighted by atomic mass is 10.0. The van der Waals surface area contributed by atoms with Gasteiger partial charge in [-0.05, 0) is 6.42 Å². The fourth-order valence-electron chi connectivity index (χ4n) is 3.86. The molecular formula is C16H18F5N5O. The van der Waals surface area contributed by atoms with E-state index in [2.05, 4.69) is 20.2 Å². The summed E-state index contributed by atoms with van der Waals surface area (Å²) in [4.78, 5) is 22.5. The Labute approximate surface area is 151 Å². The van der Waals surface area contributed by atoms with Crippen molar-refractivity contribution in [2.75, 3.05) is 26.2 Å². The molecule has 0 radical (unpaired) electrons. The first-order chi connectivity index (χ1) is 12.6. The van der Waals surface area contributed by atoms with Crippen molar-refractivity contribution in [1.29, 1.82) is 0 Å². The van der Waals surface area contributed by atoms with Crippen molar-refractivity contribution < 1.29 is 26.7 Å². The maximum Gasteiger partial charge on any atom is 0.451 e. The minimum atomic E-state index is -4.57. The Balaban J connectivity index is 1.37. The highest BCUT2D eigenvalue weighted by Gasteiger charge is 2.48. The molecule has 11 heteroatoms. The van der Waals surface area contributed by atoms with Gasteiger partial charge in [0, 0.05) is 43.9 Å². The summed E-state index contributed by atoms with van der Waals surface area (Å²) < 4.78 is 64.0. The van der Waals surface area contributed by atoms with E-state index in [9.17, 15) is 26.7 Å². The quantitative estimate of drug-likeness (QED) is 0.765. The monoisotopic (exact) mass is 391 g/mol. The lowest BCUT2D eigenvalue weighted by Gasteiger charge is -2.40. The SMILES string of the molecule is O=C([C@@H]1C[C@H](N2CCc3nc(C(F)(F)F)ncc3C2)CN1)N1CC(F)(F)C1. The number of carbonyl (C=O) groups is 1. The van der Waals surface area contributed by atoms with Crippen LogP contribution in [-0.4, -0.2) is 69.9 Å². The molecule has 1 N–H and O–H groups in total. The molecule has 6 nitrogen and oxygen atoms in total. The number of nitrogens with zero attached hydrogens (tertiary/aromatic N) is 4. The van der Waals surface area contributed by atoms with E-state index in [-0.39, 0.29) is 11.9 Å². The van der Waals surface area contributed by atoms with Gasteiger partial charge in [0.2, 0.25) is 11.7 Å². The molecule has 1 aromatic heterocycles. The number of aromatic nitrogens is 2. The van der Waals surface area contributed by atoms with Crippen molar-refractivity contribution in [2.45, 2.75) is 43.6 Å². The van der Waals surface area contributed by atoms with Crippen LogP contribution in [0.15, 0.2) is 6.20 Å². The third-order valence-corrected chi connectivity index (χ3v) is 5.30. The second-order valence-electron chi connectivity index (χ2n) is 7.28. The van der Waals surface area contributed by atoms with E-state index in [4.69, 9.17) is 0 Å². The normalized spacial score (nSPS) is 28.0. The van der Waals surface area contributed by atoms with Crippen LogP contribution in [0.3, 0.4) is 0 Å². The van der Waals surface area contributed by atoms with E-state index in [1.165, 1.54) is 6.20 Å². The number of alkyl halides is 5. The molecule has 1 amide bonds. The molecule has 4 rings (SSSR count). The average Bonchev–Trinajstić information content (AvgIpc) is 3.07. The van der Waals surface area contributed by atoms with Gasteiger partial charge in [0.15, 0.2) is 0 Å². The summed E-state index contributed by atoms with van der Waals surface area (Å²) in [6, 6.07) is -0.493. The van der Waals surface area contributed by atoms with Crippen molar-refractivity contribution in [2.24, 2.45) is 0 Å². The van der Waals surface area contributed by atoms with Crippen LogP contribution in [-0.2, 0) is 23.9 Å². The highest BCUT2D eigenvalue weighted by atomic mass is 19.4. The summed E-state index contributed by atoms with van der Waals surface area (Å²) in [5.74, 6) is -4.24. The largest absolute Gasteiger partial charge is 0.451 e. The van der Waals surface area contributed by atoms with Gasteiger partial charge in [-0.15, -0.1) is 0 Å². The van der Waals surface area contributed by atoms with Crippen LogP contribution in [0.25, 0.3) is 0 Å². The van der Waals surface area contributed by atoms with Crippen molar-refractivity contribution >= 4 is 5.91 Å². The van der Waals surface area contributed by atoms with E-state index >= 15 is 0 Å². The lowest BCUT2D eigenvalue weighted by molar-refractivity contribution is -0.167.